The fourth-order valence-corrected chi connectivity index (χ4v) is 16.6. The molecule has 14 rings (SSSR count). The Morgan fingerprint density at radius 2 is 0.600 bits per heavy atom. The highest BCUT2D eigenvalue weighted by Gasteiger charge is 2.41. The number of benzene rings is 11. The maximum absolute atomic E-state index is 2.78. The van der Waals surface area contributed by atoms with Crippen molar-refractivity contribution in [3.8, 4) is 28.2 Å². The maximum Gasteiger partial charge on any atom is 0.179 e. The zero-order valence-corrected chi connectivity index (χ0v) is 39.3. The second kappa shape index (κ2) is 16.1. The van der Waals surface area contributed by atoms with Crippen molar-refractivity contribution in [3.05, 3.63) is 273 Å². The summed E-state index contributed by atoms with van der Waals surface area (Å²) in [5.41, 5.74) is 13.0. The van der Waals surface area contributed by atoms with E-state index in [2.05, 4.69) is 287 Å². The van der Waals surface area contributed by atoms with Crippen LogP contribution in [-0.2, 0) is 0 Å². The molecule has 0 saturated carbocycles. The van der Waals surface area contributed by atoms with E-state index in [1.807, 2.05) is 0 Å². The van der Waals surface area contributed by atoms with Crippen molar-refractivity contribution < 1.29 is 0 Å². The summed E-state index contributed by atoms with van der Waals surface area (Å²) < 4.78 is 7.42. The van der Waals surface area contributed by atoms with Crippen LogP contribution in [0.4, 0.5) is 0 Å². The van der Waals surface area contributed by atoms with Crippen molar-refractivity contribution in [2.45, 2.75) is 0 Å². The largest absolute Gasteiger partial charge is 0.309 e. The predicted molar refractivity (Wildman–Crippen MR) is 299 cm³/mol. The first-order valence-corrected chi connectivity index (χ1v) is 26.2. The van der Waals surface area contributed by atoms with Crippen molar-refractivity contribution in [2.24, 2.45) is 0 Å². The van der Waals surface area contributed by atoms with E-state index in [1.54, 1.807) is 0 Å². The Bertz CT molecular complexity index is 4130. The Balaban J connectivity index is 1.00. The van der Waals surface area contributed by atoms with Crippen LogP contribution < -0.4 is 20.7 Å². The summed E-state index contributed by atoms with van der Waals surface area (Å²) >= 11 is 0. The number of aromatic nitrogens is 3. The molecule has 0 atom stereocenters. The summed E-state index contributed by atoms with van der Waals surface area (Å²) in [6.07, 6.45) is 0. The molecule has 0 radical (unpaired) electrons. The van der Waals surface area contributed by atoms with E-state index in [9.17, 15) is 0 Å². The van der Waals surface area contributed by atoms with Gasteiger partial charge < -0.3 is 13.7 Å². The Morgan fingerprint density at radius 1 is 0.229 bits per heavy atom. The normalized spacial score (nSPS) is 12.0. The second-order valence-electron chi connectivity index (χ2n) is 18.4. The third kappa shape index (κ3) is 6.00. The third-order valence-corrected chi connectivity index (χ3v) is 19.5. The number of nitrogens with zero attached hydrogens (tertiary/aromatic N) is 3. The zero-order chi connectivity index (χ0) is 46.2. The molecule has 14 aromatic rings. The fraction of sp³-hybridized carbons (Fsp3) is 0. The molecule has 0 N–H and O–H groups in total. The monoisotopic (exact) mass is 907 g/mol. The van der Waals surface area contributed by atoms with E-state index in [1.165, 1.54) is 97.3 Å². The Hall–Kier alpha value is -8.96. The minimum atomic E-state index is -2.78. The molecule has 0 aliphatic carbocycles. The van der Waals surface area contributed by atoms with Gasteiger partial charge in [-0.2, -0.15) is 0 Å². The lowest BCUT2D eigenvalue weighted by Gasteiger charge is -2.34. The van der Waals surface area contributed by atoms with Crippen LogP contribution in [0.1, 0.15) is 0 Å². The van der Waals surface area contributed by atoms with Crippen molar-refractivity contribution >= 4 is 94.2 Å². The van der Waals surface area contributed by atoms with Crippen LogP contribution in [-0.4, -0.2) is 21.8 Å². The number of fused-ring (bicyclic) bond motifs is 9. The van der Waals surface area contributed by atoms with Crippen LogP contribution in [0.15, 0.2) is 273 Å². The van der Waals surface area contributed by atoms with Crippen molar-refractivity contribution in [1.82, 2.24) is 13.7 Å². The van der Waals surface area contributed by atoms with E-state index in [0.717, 1.165) is 17.1 Å². The van der Waals surface area contributed by atoms with Gasteiger partial charge >= 0.3 is 0 Å². The van der Waals surface area contributed by atoms with Gasteiger partial charge in [0.05, 0.1) is 33.1 Å². The minimum absolute atomic E-state index is 1.13. The first-order valence-electron chi connectivity index (χ1n) is 24.2. The molecule has 0 saturated heterocycles. The molecule has 3 nitrogen and oxygen atoms in total. The average Bonchev–Trinajstić information content (AvgIpc) is 4.08. The van der Waals surface area contributed by atoms with Crippen LogP contribution in [0.25, 0.3) is 93.6 Å². The molecular formula is C66H45N3Si. The number of hydrogen-bond acceptors (Lipinski definition) is 0. The Morgan fingerprint density at radius 3 is 1.14 bits per heavy atom. The molecule has 0 aliphatic rings. The van der Waals surface area contributed by atoms with Crippen LogP contribution >= 0.6 is 0 Å². The SMILES string of the molecule is c1ccc(-c2cccc3c4cc(-n5c6ccccc6c6ccccc65)ccc4n(-c4ccc5c(c4)c4ccccc4n5-c4cccc([Si](c5ccccc5)(c5ccccc5)c5ccccc5)c4)c23)cc1. The van der Waals surface area contributed by atoms with E-state index < -0.39 is 8.07 Å². The lowest BCUT2D eigenvalue weighted by molar-refractivity contribution is 1.16. The average molecular weight is 908 g/mol. The van der Waals surface area contributed by atoms with Gasteiger partial charge in [-0.15, -0.1) is 0 Å². The predicted octanol–water partition coefficient (Wildman–Crippen LogP) is 14.0. The zero-order valence-electron chi connectivity index (χ0n) is 38.3. The minimum Gasteiger partial charge on any atom is -0.309 e. The molecule has 0 bridgehead atoms. The van der Waals surface area contributed by atoms with Gasteiger partial charge in [0.2, 0.25) is 0 Å². The van der Waals surface area contributed by atoms with Crippen LogP contribution in [0.2, 0.25) is 0 Å². The van der Waals surface area contributed by atoms with Crippen molar-refractivity contribution in [2.75, 3.05) is 0 Å². The van der Waals surface area contributed by atoms with Gasteiger partial charge in [0, 0.05) is 54.9 Å². The quantitative estimate of drug-likeness (QED) is 0.107. The number of para-hydroxylation sites is 4. The summed E-state index contributed by atoms with van der Waals surface area (Å²) in [7, 11) is -2.78. The summed E-state index contributed by atoms with van der Waals surface area (Å²) in [5, 5.41) is 12.8. The molecule has 0 unspecified atom stereocenters. The molecule has 328 valence electrons. The highest BCUT2D eigenvalue weighted by atomic mass is 28.3. The fourth-order valence-electron chi connectivity index (χ4n) is 11.8. The molecule has 0 fully saturated rings. The maximum atomic E-state index is 2.51. The van der Waals surface area contributed by atoms with Crippen LogP contribution in [0.5, 0.6) is 0 Å². The van der Waals surface area contributed by atoms with Gasteiger partial charge in [-0.25, -0.2) is 0 Å². The molecule has 0 aliphatic heterocycles. The van der Waals surface area contributed by atoms with Gasteiger partial charge in [-0.3, -0.25) is 0 Å². The first-order chi connectivity index (χ1) is 34.8. The topological polar surface area (TPSA) is 14.8 Å². The summed E-state index contributed by atoms with van der Waals surface area (Å²) in [6, 6.07) is 101. The van der Waals surface area contributed by atoms with E-state index in [4.69, 9.17) is 0 Å². The molecule has 11 aromatic carbocycles. The number of hydrogen-bond donors (Lipinski definition) is 0. The Labute approximate surface area is 407 Å². The van der Waals surface area contributed by atoms with E-state index in [-0.39, 0.29) is 0 Å². The van der Waals surface area contributed by atoms with Gasteiger partial charge in [0.15, 0.2) is 8.07 Å². The van der Waals surface area contributed by atoms with Gasteiger partial charge in [0.25, 0.3) is 0 Å². The van der Waals surface area contributed by atoms with Crippen molar-refractivity contribution in [3.63, 3.8) is 0 Å². The lowest BCUT2D eigenvalue weighted by Crippen LogP contribution is -2.74. The van der Waals surface area contributed by atoms with E-state index >= 15 is 0 Å². The van der Waals surface area contributed by atoms with Gasteiger partial charge in [-0.05, 0) is 93.0 Å². The number of rotatable bonds is 8. The highest BCUT2D eigenvalue weighted by molar-refractivity contribution is 7.19. The molecule has 4 heteroatoms. The molecule has 70 heavy (non-hydrogen) atoms. The van der Waals surface area contributed by atoms with Gasteiger partial charge in [0.1, 0.15) is 0 Å². The molecule has 3 aromatic heterocycles. The van der Waals surface area contributed by atoms with Crippen LogP contribution in [0, 0.1) is 0 Å². The Kier molecular flexibility index (Phi) is 9.23. The smallest absolute Gasteiger partial charge is 0.179 e. The summed E-state index contributed by atoms with van der Waals surface area (Å²) in [4.78, 5) is 0. The van der Waals surface area contributed by atoms with E-state index in [0.29, 0.717) is 0 Å². The molecule has 0 spiro atoms. The van der Waals surface area contributed by atoms with Crippen molar-refractivity contribution in [1.29, 1.82) is 0 Å². The molecular weight excluding hydrogens is 863 g/mol. The third-order valence-electron chi connectivity index (χ3n) is 14.8. The lowest BCUT2D eigenvalue weighted by atomic mass is 10.0. The summed E-state index contributed by atoms with van der Waals surface area (Å²) in [6.45, 7) is 0. The molecule has 3 heterocycles. The van der Waals surface area contributed by atoms with Gasteiger partial charge in [-0.1, -0.05) is 206 Å². The second-order valence-corrected chi connectivity index (χ2v) is 22.2. The summed E-state index contributed by atoms with van der Waals surface area (Å²) in [5.74, 6) is 0. The standard InChI is InChI=1S/C66H45N3Si/c1-5-21-46(22-6-1)54-34-20-35-58-60-44-48(68-61-36-16-13-31-55(61)56-32-14-17-37-62(56)68)39-42-65(60)69(66(54)58)49-40-41-64-59(45-49)57-33-15-18-38-63(57)67(64)47-23-19-30-53(43-47)70(50-24-7-2-8-25-50,51-26-9-3-10-27-51)52-28-11-4-12-29-52/h1-45H. The first kappa shape index (κ1) is 40.1. The van der Waals surface area contributed by atoms with Crippen LogP contribution in [0.3, 0.4) is 0 Å². The highest BCUT2D eigenvalue weighted by Crippen LogP contribution is 2.42. The molecule has 0 amide bonds.